The number of halogens is 1. The standard InChI is InChI=1S/C25H19ClN4O/c1-30-15-22(19-12-13-27-24(26)14-19)25(29-30)18-7-10-21(11-8-18)31-16-20-9-6-17-4-2-3-5-23(17)28-20/h2-15H,16H2,1H3. The molecule has 0 amide bonds. The molecule has 0 saturated heterocycles. The summed E-state index contributed by atoms with van der Waals surface area (Å²) >= 11 is 6.08. The zero-order valence-electron chi connectivity index (χ0n) is 16.9. The summed E-state index contributed by atoms with van der Waals surface area (Å²) < 4.78 is 7.75. The van der Waals surface area contributed by atoms with Crippen LogP contribution in [0.15, 0.2) is 85.2 Å². The van der Waals surface area contributed by atoms with Gasteiger partial charge in [0, 0.05) is 36.0 Å². The molecule has 0 bridgehead atoms. The zero-order valence-corrected chi connectivity index (χ0v) is 17.6. The highest BCUT2D eigenvalue weighted by Crippen LogP contribution is 2.32. The van der Waals surface area contributed by atoms with E-state index in [-0.39, 0.29) is 0 Å². The van der Waals surface area contributed by atoms with Gasteiger partial charge in [0.1, 0.15) is 23.2 Å². The van der Waals surface area contributed by atoms with E-state index in [2.05, 4.69) is 27.2 Å². The highest BCUT2D eigenvalue weighted by atomic mass is 35.5. The van der Waals surface area contributed by atoms with E-state index < -0.39 is 0 Å². The second-order valence-electron chi connectivity index (χ2n) is 7.24. The predicted octanol–water partition coefficient (Wildman–Crippen LogP) is 5.93. The molecule has 5 nitrogen and oxygen atoms in total. The third kappa shape index (κ3) is 4.13. The minimum Gasteiger partial charge on any atom is -0.487 e. The molecule has 5 aromatic rings. The van der Waals surface area contributed by atoms with E-state index in [9.17, 15) is 0 Å². The van der Waals surface area contributed by atoms with Crippen LogP contribution in [0.2, 0.25) is 5.15 Å². The lowest BCUT2D eigenvalue weighted by atomic mass is 10.0. The summed E-state index contributed by atoms with van der Waals surface area (Å²) in [6, 6.07) is 23.8. The van der Waals surface area contributed by atoms with Gasteiger partial charge in [0.2, 0.25) is 0 Å². The Morgan fingerprint density at radius 3 is 2.61 bits per heavy atom. The van der Waals surface area contributed by atoms with Gasteiger partial charge in [-0.05, 0) is 54.1 Å². The molecule has 5 rings (SSSR count). The van der Waals surface area contributed by atoms with Crippen molar-refractivity contribution in [3.8, 4) is 28.1 Å². The minimum atomic E-state index is 0.411. The van der Waals surface area contributed by atoms with Gasteiger partial charge in [-0.1, -0.05) is 35.9 Å². The third-order valence-electron chi connectivity index (χ3n) is 5.04. The number of hydrogen-bond acceptors (Lipinski definition) is 4. The molecule has 0 N–H and O–H groups in total. The van der Waals surface area contributed by atoms with Crippen molar-refractivity contribution in [3.05, 3.63) is 96.0 Å². The first-order chi connectivity index (χ1) is 15.2. The SMILES string of the molecule is Cn1cc(-c2ccnc(Cl)c2)c(-c2ccc(OCc3ccc4ccccc4n3)cc2)n1. The Bertz CT molecular complexity index is 1360. The monoisotopic (exact) mass is 426 g/mol. The van der Waals surface area contributed by atoms with Crippen LogP contribution in [0.5, 0.6) is 5.75 Å². The summed E-state index contributed by atoms with van der Waals surface area (Å²) in [6.07, 6.45) is 3.68. The summed E-state index contributed by atoms with van der Waals surface area (Å²) in [6.45, 7) is 0.411. The Morgan fingerprint density at radius 1 is 0.935 bits per heavy atom. The van der Waals surface area contributed by atoms with Gasteiger partial charge in [-0.3, -0.25) is 4.68 Å². The molecule has 0 aliphatic carbocycles. The number of nitrogens with zero attached hydrogens (tertiary/aromatic N) is 4. The van der Waals surface area contributed by atoms with E-state index in [1.807, 2.05) is 73.9 Å². The van der Waals surface area contributed by atoms with Crippen molar-refractivity contribution in [1.82, 2.24) is 19.7 Å². The maximum atomic E-state index is 6.08. The summed E-state index contributed by atoms with van der Waals surface area (Å²) in [7, 11) is 1.91. The number of para-hydroxylation sites is 1. The van der Waals surface area contributed by atoms with Gasteiger partial charge in [0.25, 0.3) is 0 Å². The van der Waals surface area contributed by atoms with Gasteiger partial charge in [-0.25, -0.2) is 9.97 Å². The van der Waals surface area contributed by atoms with Crippen LogP contribution in [-0.4, -0.2) is 19.7 Å². The minimum absolute atomic E-state index is 0.411. The van der Waals surface area contributed by atoms with E-state index in [1.54, 1.807) is 10.9 Å². The fourth-order valence-electron chi connectivity index (χ4n) is 3.54. The summed E-state index contributed by atoms with van der Waals surface area (Å²) in [5.74, 6) is 0.781. The van der Waals surface area contributed by atoms with Crippen molar-refractivity contribution in [1.29, 1.82) is 0 Å². The number of hydrogen-bond donors (Lipinski definition) is 0. The third-order valence-corrected chi connectivity index (χ3v) is 5.24. The van der Waals surface area contributed by atoms with E-state index in [0.29, 0.717) is 11.8 Å². The molecule has 0 fully saturated rings. The van der Waals surface area contributed by atoms with Crippen molar-refractivity contribution in [3.63, 3.8) is 0 Å². The molecule has 0 unspecified atom stereocenters. The molecule has 0 aliphatic rings. The van der Waals surface area contributed by atoms with Gasteiger partial charge < -0.3 is 4.74 Å². The van der Waals surface area contributed by atoms with E-state index in [1.165, 1.54) is 0 Å². The van der Waals surface area contributed by atoms with Crippen LogP contribution in [0.1, 0.15) is 5.69 Å². The first-order valence-corrected chi connectivity index (χ1v) is 10.3. The van der Waals surface area contributed by atoms with Gasteiger partial charge in [-0.2, -0.15) is 5.10 Å². The van der Waals surface area contributed by atoms with Gasteiger partial charge >= 0.3 is 0 Å². The average molecular weight is 427 g/mol. The smallest absolute Gasteiger partial charge is 0.130 e. The van der Waals surface area contributed by atoms with Crippen LogP contribution in [0.4, 0.5) is 0 Å². The van der Waals surface area contributed by atoms with Crippen LogP contribution in [0.3, 0.4) is 0 Å². The number of pyridine rings is 2. The maximum Gasteiger partial charge on any atom is 0.130 e. The Hall–Kier alpha value is -3.70. The number of benzene rings is 2. The average Bonchev–Trinajstić information content (AvgIpc) is 3.19. The molecular weight excluding hydrogens is 408 g/mol. The van der Waals surface area contributed by atoms with Crippen LogP contribution < -0.4 is 4.74 Å². The Kier molecular flexibility index (Phi) is 5.10. The van der Waals surface area contributed by atoms with E-state index >= 15 is 0 Å². The Balaban J connectivity index is 1.35. The van der Waals surface area contributed by atoms with Crippen LogP contribution in [0, 0.1) is 0 Å². The molecule has 152 valence electrons. The molecule has 0 radical (unpaired) electrons. The first kappa shape index (κ1) is 19.3. The Morgan fingerprint density at radius 2 is 1.77 bits per heavy atom. The number of ether oxygens (including phenoxy) is 1. The maximum absolute atomic E-state index is 6.08. The topological polar surface area (TPSA) is 52.8 Å². The molecule has 0 aliphatic heterocycles. The van der Waals surface area contributed by atoms with Crippen LogP contribution in [-0.2, 0) is 13.7 Å². The molecule has 3 heterocycles. The Labute approximate surface area is 184 Å². The van der Waals surface area contributed by atoms with E-state index in [0.717, 1.165) is 44.7 Å². The molecule has 0 saturated carbocycles. The fraction of sp³-hybridized carbons (Fsp3) is 0.0800. The highest BCUT2D eigenvalue weighted by molar-refractivity contribution is 6.29. The number of aryl methyl sites for hydroxylation is 1. The quantitative estimate of drug-likeness (QED) is 0.327. The summed E-state index contributed by atoms with van der Waals surface area (Å²) in [5, 5.41) is 6.22. The lowest BCUT2D eigenvalue weighted by Gasteiger charge is -2.08. The van der Waals surface area contributed by atoms with Crippen molar-refractivity contribution in [2.24, 2.45) is 7.05 Å². The summed E-state index contributed by atoms with van der Waals surface area (Å²) in [4.78, 5) is 8.72. The molecule has 3 aromatic heterocycles. The number of fused-ring (bicyclic) bond motifs is 1. The fourth-order valence-corrected chi connectivity index (χ4v) is 3.71. The van der Waals surface area contributed by atoms with Crippen molar-refractivity contribution in [2.45, 2.75) is 6.61 Å². The van der Waals surface area contributed by atoms with Crippen molar-refractivity contribution < 1.29 is 4.74 Å². The van der Waals surface area contributed by atoms with Crippen molar-refractivity contribution in [2.75, 3.05) is 0 Å². The van der Waals surface area contributed by atoms with Crippen LogP contribution >= 0.6 is 11.6 Å². The second kappa shape index (κ2) is 8.20. The number of aromatic nitrogens is 4. The lowest BCUT2D eigenvalue weighted by Crippen LogP contribution is -1.98. The van der Waals surface area contributed by atoms with E-state index in [4.69, 9.17) is 16.3 Å². The first-order valence-electron chi connectivity index (χ1n) is 9.89. The molecule has 31 heavy (non-hydrogen) atoms. The predicted molar refractivity (Wildman–Crippen MR) is 123 cm³/mol. The number of rotatable bonds is 5. The lowest BCUT2D eigenvalue weighted by molar-refractivity contribution is 0.302. The normalized spacial score (nSPS) is 11.0. The molecule has 0 spiro atoms. The molecular formula is C25H19ClN4O. The molecule has 2 aromatic carbocycles. The molecule has 6 heteroatoms. The van der Waals surface area contributed by atoms with Gasteiger partial charge in [0.15, 0.2) is 0 Å². The summed E-state index contributed by atoms with van der Waals surface area (Å²) in [5.41, 5.74) is 5.72. The van der Waals surface area contributed by atoms with Gasteiger partial charge in [-0.15, -0.1) is 0 Å². The second-order valence-corrected chi connectivity index (χ2v) is 7.63. The zero-order chi connectivity index (χ0) is 21.2. The molecule has 0 atom stereocenters. The van der Waals surface area contributed by atoms with Crippen LogP contribution in [0.25, 0.3) is 33.3 Å². The van der Waals surface area contributed by atoms with Crippen molar-refractivity contribution >= 4 is 22.5 Å². The largest absolute Gasteiger partial charge is 0.487 e. The highest BCUT2D eigenvalue weighted by Gasteiger charge is 2.13. The van der Waals surface area contributed by atoms with Gasteiger partial charge in [0.05, 0.1) is 11.2 Å².